The smallest absolute Gasteiger partial charge is 0.338 e. The Morgan fingerprint density at radius 2 is 2.24 bits per heavy atom. The molecule has 0 aromatic heterocycles. The Kier molecular flexibility index (Phi) is 2.95. The van der Waals surface area contributed by atoms with Gasteiger partial charge in [0.2, 0.25) is 0 Å². The van der Waals surface area contributed by atoms with Crippen molar-refractivity contribution in [2.24, 2.45) is 0 Å². The van der Waals surface area contributed by atoms with E-state index in [1.165, 1.54) is 6.07 Å². The van der Waals surface area contributed by atoms with Gasteiger partial charge in [0.15, 0.2) is 5.78 Å². The lowest BCUT2D eigenvalue weighted by molar-refractivity contribution is -0.130. The summed E-state index contributed by atoms with van der Waals surface area (Å²) < 4.78 is 10.4. The number of fused-ring (bicyclic) bond motifs is 1. The number of esters is 1. The molecule has 0 spiro atoms. The van der Waals surface area contributed by atoms with E-state index in [0.29, 0.717) is 35.7 Å². The van der Waals surface area contributed by atoms with Crippen LogP contribution in [0, 0.1) is 0 Å². The van der Waals surface area contributed by atoms with Gasteiger partial charge in [0.05, 0.1) is 12.2 Å². The molecule has 0 bridgehead atoms. The molecular formula is C13H12O4. The van der Waals surface area contributed by atoms with Crippen LogP contribution in [0.3, 0.4) is 0 Å². The quantitative estimate of drug-likeness (QED) is 0.445. The van der Waals surface area contributed by atoms with E-state index in [4.69, 9.17) is 9.47 Å². The highest BCUT2D eigenvalue weighted by molar-refractivity contribution is 6.00. The molecule has 0 fully saturated rings. The highest BCUT2D eigenvalue weighted by Gasteiger charge is 2.19. The fourth-order valence-electron chi connectivity index (χ4n) is 1.50. The summed E-state index contributed by atoms with van der Waals surface area (Å²) in [6.07, 6.45) is 0.352. The Hall–Kier alpha value is -2.10. The number of ketones is 1. The van der Waals surface area contributed by atoms with Crippen LogP contribution in [0.25, 0.3) is 0 Å². The molecule has 0 atom stereocenters. The first-order chi connectivity index (χ1) is 8.08. The summed E-state index contributed by atoms with van der Waals surface area (Å²) in [5.74, 6) is 0.362. The Bertz CT molecular complexity index is 502. The summed E-state index contributed by atoms with van der Waals surface area (Å²) >= 11 is 0. The van der Waals surface area contributed by atoms with E-state index in [0.717, 1.165) is 0 Å². The maximum Gasteiger partial charge on any atom is 0.338 e. The van der Waals surface area contributed by atoms with Crippen molar-refractivity contribution in [1.29, 1.82) is 0 Å². The second kappa shape index (κ2) is 4.41. The fourth-order valence-corrected chi connectivity index (χ4v) is 1.50. The standard InChI is InChI=1S/C13H12O4/c1-8(2)13(15)17-9-3-4-12-10(7-9)11(14)5-6-16-12/h3-4,7H,1,5-6H2,2H3. The summed E-state index contributed by atoms with van der Waals surface area (Å²) in [6, 6.07) is 4.75. The van der Waals surface area contributed by atoms with Crippen molar-refractivity contribution in [1.82, 2.24) is 0 Å². The highest BCUT2D eigenvalue weighted by atomic mass is 16.5. The van der Waals surface area contributed by atoms with Crippen LogP contribution in [0.1, 0.15) is 23.7 Å². The molecule has 0 amide bonds. The van der Waals surface area contributed by atoms with E-state index in [9.17, 15) is 9.59 Å². The third-order valence-electron chi connectivity index (χ3n) is 2.40. The predicted molar refractivity (Wildman–Crippen MR) is 61.3 cm³/mol. The van der Waals surface area contributed by atoms with Gasteiger partial charge >= 0.3 is 5.97 Å². The van der Waals surface area contributed by atoms with Crippen LogP contribution in [0.5, 0.6) is 11.5 Å². The van der Waals surface area contributed by atoms with Crippen LogP contribution in [-0.2, 0) is 4.79 Å². The summed E-state index contributed by atoms with van der Waals surface area (Å²) in [6.45, 7) is 5.45. The van der Waals surface area contributed by atoms with E-state index in [1.807, 2.05) is 0 Å². The number of hydrogen-bond acceptors (Lipinski definition) is 4. The highest BCUT2D eigenvalue weighted by Crippen LogP contribution is 2.28. The lowest BCUT2D eigenvalue weighted by atomic mass is 10.0. The van der Waals surface area contributed by atoms with Crippen molar-refractivity contribution in [3.05, 3.63) is 35.9 Å². The Balaban J connectivity index is 2.26. The molecule has 2 rings (SSSR count). The topological polar surface area (TPSA) is 52.6 Å². The zero-order valence-corrected chi connectivity index (χ0v) is 9.49. The Morgan fingerprint density at radius 3 is 2.94 bits per heavy atom. The lowest BCUT2D eigenvalue weighted by Gasteiger charge is -2.16. The van der Waals surface area contributed by atoms with E-state index < -0.39 is 5.97 Å². The molecule has 17 heavy (non-hydrogen) atoms. The van der Waals surface area contributed by atoms with Crippen LogP contribution < -0.4 is 9.47 Å². The second-order valence-electron chi connectivity index (χ2n) is 3.85. The molecule has 0 N–H and O–H groups in total. The van der Waals surface area contributed by atoms with Crippen molar-refractivity contribution in [2.75, 3.05) is 6.61 Å². The van der Waals surface area contributed by atoms with Crippen molar-refractivity contribution in [3.63, 3.8) is 0 Å². The first-order valence-electron chi connectivity index (χ1n) is 5.25. The summed E-state index contributed by atoms with van der Waals surface area (Å²) in [5, 5.41) is 0. The number of hydrogen-bond donors (Lipinski definition) is 0. The molecule has 0 unspecified atom stereocenters. The number of benzene rings is 1. The van der Waals surface area contributed by atoms with Gasteiger partial charge in [-0.1, -0.05) is 6.58 Å². The predicted octanol–water partition coefficient (Wildman–Crippen LogP) is 2.13. The number of rotatable bonds is 2. The molecule has 1 aliphatic rings. The number of carbonyl (C=O) groups excluding carboxylic acids is 2. The molecule has 4 heteroatoms. The minimum absolute atomic E-state index is 0.000487. The van der Waals surface area contributed by atoms with E-state index in [-0.39, 0.29) is 5.78 Å². The van der Waals surface area contributed by atoms with Gasteiger partial charge in [0.25, 0.3) is 0 Å². The van der Waals surface area contributed by atoms with E-state index in [2.05, 4.69) is 6.58 Å². The van der Waals surface area contributed by atoms with E-state index in [1.54, 1.807) is 19.1 Å². The van der Waals surface area contributed by atoms with E-state index >= 15 is 0 Å². The Labute approximate surface area is 98.8 Å². The van der Waals surface area contributed by atoms with Crippen molar-refractivity contribution >= 4 is 11.8 Å². The van der Waals surface area contributed by atoms with Crippen LogP contribution in [0.4, 0.5) is 0 Å². The molecule has 0 saturated heterocycles. The molecule has 88 valence electrons. The monoisotopic (exact) mass is 232 g/mol. The molecular weight excluding hydrogens is 220 g/mol. The van der Waals surface area contributed by atoms with Crippen molar-refractivity contribution in [3.8, 4) is 11.5 Å². The zero-order valence-electron chi connectivity index (χ0n) is 9.49. The lowest BCUT2D eigenvalue weighted by Crippen LogP contribution is -2.16. The van der Waals surface area contributed by atoms with Gasteiger partial charge in [0.1, 0.15) is 11.5 Å². The average molecular weight is 232 g/mol. The molecule has 4 nitrogen and oxygen atoms in total. The summed E-state index contributed by atoms with van der Waals surface area (Å²) in [4.78, 5) is 22.9. The molecule has 0 radical (unpaired) electrons. The van der Waals surface area contributed by atoms with Gasteiger partial charge in [-0.3, -0.25) is 4.79 Å². The number of ether oxygens (including phenoxy) is 2. The second-order valence-corrected chi connectivity index (χ2v) is 3.85. The largest absolute Gasteiger partial charge is 0.492 e. The van der Waals surface area contributed by atoms with Crippen LogP contribution in [0.15, 0.2) is 30.4 Å². The summed E-state index contributed by atoms with van der Waals surface area (Å²) in [7, 11) is 0. The minimum Gasteiger partial charge on any atom is -0.492 e. The minimum atomic E-state index is -0.505. The number of carbonyl (C=O) groups is 2. The van der Waals surface area contributed by atoms with Gasteiger partial charge in [-0.05, 0) is 25.1 Å². The molecule has 0 aliphatic carbocycles. The average Bonchev–Trinajstić information content (AvgIpc) is 2.30. The third kappa shape index (κ3) is 2.36. The molecule has 0 saturated carbocycles. The van der Waals surface area contributed by atoms with Crippen molar-refractivity contribution in [2.45, 2.75) is 13.3 Å². The van der Waals surface area contributed by atoms with Gasteiger partial charge in [0, 0.05) is 12.0 Å². The van der Waals surface area contributed by atoms with Crippen LogP contribution >= 0.6 is 0 Å². The van der Waals surface area contributed by atoms with Gasteiger partial charge in [-0.2, -0.15) is 0 Å². The first-order valence-corrected chi connectivity index (χ1v) is 5.25. The van der Waals surface area contributed by atoms with Gasteiger partial charge in [-0.25, -0.2) is 4.79 Å². The zero-order chi connectivity index (χ0) is 12.4. The normalized spacial score (nSPS) is 13.6. The molecule has 1 aliphatic heterocycles. The van der Waals surface area contributed by atoms with Crippen LogP contribution in [-0.4, -0.2) is 18.4 Å². The fraction of sp³-hybridized carbons (Fsp3) is 0.231. The maximum atomic E-state index is 11.6. The Morgan fingerprint density at radius 1 is 1.47 bits per heavy atom. The summed E-state index contributed by atoms with van der Waals surface area (Å²) in [5.41, 5.74) is 0.772. The maximum absolute atomic E-state index is 11.6. The van der Waals surface area contributed by atoms with Gasteiger partial charge < -0.3 is 9.47 Å². The third-order valence-corrected chi connectivity index (χ3v) is 2.40. The molecule has 1 aromatic rings. The van der Waals surface area contributed by atoms with Gasteiger partial charge in [-0.15, -0.1) is 0 Å². The molecule has 1 heterocycles. The first kappa shape index (κ1) is 11.4. The van der Waals surface area contributed by atoms with Crippen LogP contribution in [0.2, 0.25) is 0 Å². The van der Waals surface area contributed by atoms with Crippen molar-refractivity contribution < 1.29 is 19.1 Å². The SMILES string of the molecule is C=C(C)C(=O)Oc1ccc2c(c1)C(=O)CCO2. The molecule has 1 aromatic carbocycles. The number of Topliss-reactive ketones (excluding diaryl/α,β-unsaturated/α-hetero) is 1.